The van der Waals surface area contributed by atoms with Gasteiger partial charge in [-0.2, -0.15) is 0 Å². The molecule has 1 aromatic carbocycles. The lowest BCUT2D eigenvalue weighted by Gasteiger charge is -2.32. The molecule has 21 heavy (non-hydrogen) atoms. The summed E-state index contributed by atoms with van der Waals surface area (Å²) in [6, 6.07) is 7.72. The van der Waals surface area contributed by atoms with E-state index in [1.807, 2.05) is 30.5 Å². The molecule has 2 N–H and O–H groups in total. The monoisotopic (exact) mass is 286 g/mol. The van der Waals surface area contributed by atoms with Crippen LogP contribution < -0.4 is 5.32 Å². The third-order valence-electron chi connectivity index (χ3n) is 4.12. The molecule has 5 nitrogen and oxygen atoms in total. The molecule has 0 spiro atoms. The quantitative estimate of drug-likeness (QED) is 0.886. The van der Waals surface area contributed by atoms with Crippen molar-refractivity contribution < 1.29 is 4.79 Å². The summed E-state index contributed by atoms with van der Waals surface area (Å²) in [5.41, 5.74) is 1.78. The van der Waals surface area contributed by atoms with Crippen molar-refractivity contribution in [1.82, 2.24) is 20.1 Å². The summed E-state index contributed by atoms with van der Waals surface area (Å²) in [5.74, 6) is 0.00669. The Balaban J connectivity index is 1.49. The molecule has 112 valence electrons. The number of aromatic nitrogens is 1. The summed E-state index contributed by atoms with van der Waals surface area (Å²) in [4.78, 5) is 20.0. The van der Waals surface area contributed by atoms with Crippen LogP contribution in [0.25, 0.3) is 10.9 Å². The minimum absolute atomic E-state index is 0.00669. The highest BCUT2D eigenvalue weighted by molar-refractivity contribution is 5.98. The number of benzene rings is 1. The van der Waals surface area contributed by atoms with E-state index in [0.717, 1.165) is 49.2 Å². The van der Waals surface area contributed by atoms with Crippen molar-refractivity contribution in [2.75, 3.05) is 46.3 Å². The van der Waals surface area contributed by atoms with Gasteiger partial charge in [0.25, 0.3) is 5.91 Å². The zero-order chi connectivity index (χ0) is 14.7. The van der Waals surface area contributed by atoms with Crippen LogP contribution in [0.15, 0.2) is 30.5 Å². The van der Waals surface area contributed by atoms with Gasteiger partial charge in [-0.1, -0.05) is 0 Å². The number of carbonyl (C=O) groups excluding carboxylic acids is 1. The van der Waals surface area contributed by atoms with Gasteiger partial charge in [0.05, 0.1) is 0 Å². The molecule has 1 amide bonds. The van der Waals surface area contributed by atoms with Crippen LogP contribution in [0.2, 0.25) is 0 Å². The summed E-state index contributed by atoms with van der Waals surface area (Å²) >= 11 is 0. The summed E-state index contributed by atoms with van der Waals surface area (Å²) in [6.07, 6.45) is 1.89. The first-order valence-corrected chi connectivity index (χ1v) is 7.48. The van der Waals surface area contributed by atoms with E-state index in [9.17, 15) is 4.79 Å². The average Bonchev–Trinajstić information content (AvgIpc) is 2.96. The first-order valence-electron chi connectivity index (χ1n) is 7.48. The number of rotatable bonds is 4. The standard InChI is InChI=1S/C16H22N4O/c1-19-8-10-20(11-9-19)7-6-18-16(21)14-2-3-15-13(12-14)4-5-17-15/h2-5,12,17H,6-11H2,1H3,(H,18,21). The molecule has 0 saturated carbocycles. The summed E-state index contributed by atoms with van der Waals surface area (Å²) in [5, 5.41) is 4.08. The van der Waals surface area contributed by atoms with E-state index in [1.54, 1.807) is 0 Å². The van der Waals surface area contributed by atoms with E-state index < -0.39 is 0 Å². The number of likely N-dealkylation sites (N-methyl/N-ethyl adjacent to an activating group) is 1. The van der Waals surface area contributed by atoms with E-state index in [-0.39, 0.29) is 5.91 Å². The number of amides is 1. The summed E-state index contributed by atoms with van der Waals surface area (Å²) in [7, 11) is 2.15. The van der Waals surface area contributed by atoms with Gasteiger partial charge in [-0.25, -0.2) is 0 Å². The molecular formula is C16H22N4O. The number of hydrogen-bond donors (Lipinski definition) is 2. The SMILES string of the molecule is CN1CCN(CCNC(=O)c2ccc3[nH]ccc3c2)CC1. The molecule has 1 aliphatic heterocycles. The number of hydrogen-bond acceptors (Lipinski definition) is 3. The van der Waals surface area contributed by atoms with E-state index in [2.05, 4.69) is 27.1 Å². The third kappa shape index (κ3) is 3.43. The van der Waals surface area contributed by atoms with Gasteiger partial charge in [0.1, 0.15) is 0 Å². The maximum absolute atomic E-state index is 12.2. The Bertz CT molecular complexity index is 614. The van der Waals surface area contributed by atoms with Gasteiger partial charge in [0.2, 0.25) is 0 Å². The highest BCUT2D eigenvalue weighted by atomic mass is 16.1. The number of nitrogens with zero attached hydrogens (tertiary/aromatic N) is 2. The number of carbonyl (C=O) groups is 1. The summed E-state index contributed by atoms with van der Waals surface area (Å²) < 4.78 is 0. The fourth-order valence-corrected chi connectivity index (χ4v) is 2.70. The predicted molar refractivity (Wildman–Crippen MR) is 84.6 cm³/mol. The average molecular weight is 286 g/mol. The topological polar surface area (TPSA) is 51.4 Å². The molecule has 2 aromatic rings. The highest BCUT2D eigenvalue weighted by Gasteiger charge is 2.13. The smallest absolute Gasteiger partial charge is 0.251 e. The first-order chi connectivity index (χ1) is 10.2. The van der Waals surface area contributed by atoms with Crippen LogP contribution in [0.5, 0.6) is 0 Å². The van der Waals surface area contributed by atoms with Gasteiger partial charge >= 0.3 is 0 Å². The lowest BCUT2D eigenvalue weighted by Crippen LogP contribution is -2.46. The maximum atomic E-state index is 12.2. The normalized spacial score (nSPS) is 17.2. The van der Waals surface area contributed by atoms with Crippen molar-refractivity contribution in [2.24, 2.45) is 0 Å². The molecule has 0 atom stereocenters. The Hall–Kier alpha value is -1.85. The molecule has 3 rings (SSSR count). The van der Waals surface area contributed by atoms with E-state index in [1.165, 1.54) is 0 Å². The first kappa shape index (κ1) is 14.1. The van der Waals surface area contributed by atoms with Crippen LogP contribution in [-0.2, 0) is 0 Å². The Labute approximate surface area is 124 Å². The third-order valence-corrected chi connectivity index (χ3v) is 4.12. The Morgan fingerprint density at radius 3 is 2.86 bits per heavy atom. The second-order valence-corrected chi connectivity index (χ2v) is 5.68. The molecule has 0 bridgehead atoms. The fourth-order valence-electron chi connectivity index (χ4n) is 2.70. The highest BCUT2D eigenvalue weighted by Crippen LogP contribution is 2.14. The zero-order valence-electron chi connectivity index (χ0n) is 12.4. The van der Waals surface area contributed by atoms with Crippen LogP contribution in [0, 0.1) is 0 Å². The number of fused-ring (bicyclic) bond motifs is 1. The molecule has 0 radical (unpaired) electrons. The number of H-pyrrole nitrogens is 1. The summed E-state index contributed by atoms with van der Waals surface area (Å²) in [6.45, 7) is 6.01. The predicted octanol–water partition coefficient (Wildman–Crippen LogP) is 1.15. The van der Waals surface area contributed by atoms with Gasteiger partial charge in [-0.3, -0.25) is 9.69 Å². The minimum Gasteiger partial charge on any atom is -0.361 e. The van der Waals surface area contributed by atoms with Crippen LogP contribution in [0.4, 0.5) is 0 Å². The molecule has 0 unspecified atom stereocenters. The zero-order valence-corrected chi connectivity index (χ0v) is 12.4. The van der Waals surface area contributed by atoms with Gasteiger partial charge in [-0.15, -0.1) is 0 Å². The molecule has 1 aromatic heterocycles. The molecule has 1 saturated heterocycles. The molecule has 0 aliphatic carbocycles. The van der Waals surface area contributed by atoms with Gasteiger partial charge in [-0.05, 0) is 31.3 Å². The van der Waals surface area contributed by atoms with Crippen LogP contribution in [-0.4, -0.2) is 67.0 Å². The van der Waals surface area contributed by atoms with Gasteiger partial charge in [0.15, 0.2) is 0 Å². The van der Waals surface area contributed by atoms with Crippen LogP contribution in [0.3, 0.4) is 0 Å². The minimum atomic E-state index is 0.00669. The van der Waals surface area contributed by atoms with E-state index in [4.69, 9.17) is 0 Å². The Kier molecular flexibility index (Phi) is 4.22. The number of piperazine rings is 1. The Morgan fingerprint density at radius 2 is 2.05 bits per heavy atom. The van der Waals surface area contributed by atoms with Crippen molar-refractivity contribution >= 4 is 16.8 Å². The molecule has 1 aliphatic rings. The van der Waals surface area contributed by atoms with Crippen molar-refractivity contribution in [3.63, 3.8) is 0 Å². The second kappa shape index (κ2) is 6.28. The van der Waals surface area contributed by atoms with Gasteiger partial charge in [0, 0.05) is 61.9 Å². The number of aromatic amines is 1. The Morgan fingerprint density at radius 1 is 1.24 bits per heavy atom. The lowest BCUT2D eigenvalue weighted by molar-refractivity contribution is 0.0941. The largest absolute Gasteiger partial charge is 0.361 e. The van der Waals surface area contributed by atoms with Crippen molar-refractivity contribution in [1.29, 1.82) is 0 Å². The van der Waals surface area contributed by atoms with Crippen LogP contribution >= 0.6 is 0 Å². The van der Waals surface area contributed by atoms with Crippen molar-refractivity contribution in [2.45, 2.75) is 0 Å². The number of nitrogens with one attached hydrogen (secondary N) is 2. The molecular weight excluding hydrogens is 264 g/mol. The molecule has 2 heterocycles. The van der Waals surface area contributed by atoms with Gasteiger partial charge < -0.3 is 15.2 Å². The van der Waals surface area contributed by atoms with E-state index >= 15 is 0 Å². The lowest BCUT2D eigenvalue weighted by atomic mass is 10.1. The van der Waals surface area contributed by atoms with Crippen molar-refractivity contribution in [3.8, 4) is 0 Å². The van der Waals surface area contributed by atoms with Crippen LogP contribution in [0.1, 0.15) is 10.4 Å². The molecule has 5 heteroatoms. The second-order valence-electron chi connectivity index (χ2n) is 5.68. The van der Waals surface area contributed by atoms with Crippen molar-refractivity contribution in [3.05, 3.63) is 36.0 Å². The fraction of sp³-hybridized carbons (Fsp3) is 0.438. The molecule has 1 fully saturated rings. The maximum Gasteiger partial charge on any atom is 0.251 e. The van der Waals surface area contributed by atoms with E-state index in [0.29, 0.717) is 6.54 Å².